The minimum Gasteiger partial charge on any atom is -0.352 e. The topological polar surface area (TPSA) is 72.2 Å². The second kappa shape index (κ2) is 7.23. The normalized spacial score (nSPS) is 10.1. The fourth-order valence-corrected chi connectivity index (χ4v) is 2.07. The Balaban J connectivity index is 2.87. The molecule has 0 aliphatic rings. The minimum atomic E-state index is -0.548. The first-order valence-electron chi connectivity index (χ1n) is 5.45. The van der Waals surface area contributed by atoms with E-state index in [-0.39, 0.29) is 17.2 Å². The van der Waals surface area contributed by atoms with E-state index in [9.17, 15) is 14.9 Å². The van der Waals surface area contributed by atoms with Crippen LogP contribution in [0.3, 0.4) is 0 Å². The number of unbranched alkanes of at least 4 members (excludes halogenated alkanes) is 1. The van der Waals surface area contributed by atoms with Crippen LogP contribution in [-0.4, -0.2) is 17.4 Å². The van der Waals surface area contributed by atoms with Crippen LogP contribution in [0, 0.1) is 10.1 Å². The van der Waals surface area contributed by atoms with E-state index in [1.54, 1.807) is 0 Å². The number of benzene rings is 1. The summed E-state index contributed by atoms with van der Waals surface area (Å²) < 4.78 is 0. The third-order valence-corrected chi connectivity index (χ3v) is 3.33. The number of hydrogen-bond donors (Lipinski definition) is 1. The van der Waals surface area contributed by atoms with Crippen LogP contribution in [0.25, 0.3) is 0 Å². The summed E-state index contributed by atoms with van der Waals surface area (Å²) >= 11 is 0. The summed E-state index contributed by atoms with van der Waals surface area (Å²) in [6.07, 6.45) is 1.85. The van der Waals surface area contributed by atoms with Gasteiger partial charge >= 0.3 is 0 Å². The summed E-state index contributed by atoms with van der Waals surface area (Å²) in [4.78, 5) is 22.3. The van der Waals surface area contributed by atoms with E-state index < -0.39 is 4.92 Å². The monoisotopic (exact) mass is 288 g/mol. The van der Waals surface area contributed by atoms with Crippen LogP contribution in [0.15, 0.2) is 23.1 Å². The number of nitrogens with zero attached hydrogens (tertiary/aromatic N) is 1. The zero-order valence-corrected chi connectivity index (χ0v) is 11.4. The van der Waals surface area contributed by atoms with Crippen LogP contribution in [0.4, 0.5) is 5.69 Å². The number of carbonyl (C=O) groups is 1. The van der Waals surface area contributed by atoms with Crippen LogP contribution in [0.1, 0.15) is 30.1 Å². The standard InChI is InChI=1S/C11H13ClN2O3S/c1-2-3-6-13-11(15)8-4-5-10(18-12)9(7-8)14(16)17/h4-5,7H,2-3,6H2,1H3,(H,13,15). The summed E-state index contributed by atoms with van der Waals surface area (Å²) in [5, 5.41) is 13.5. The van der Waals surface area contributed by atoms with Gasteiger partial charge < -0.3 is 5.32 Å². The number of rotatable bonds is 6. The van der Waals surface area contributed by atoms with Gasteiger partial charge in [0.1, 0.15) is 4.90 Å². The molecular formula is C11H13ClN2O3S. The number of carbonyl (C=O) groups excluding carboxylic acids is 1. The maximum atomic E-state index is 11.7. The molecule has 7 heteroatoms. The molecule has 98 valence electrons. The van der Waals surface area contributed by atoms with Crippen molar-refractivity contribution < 1.29 is 9.72 Å². The van der Waals surface area contributed by atoms with E-state index in [4.69, 9.17) is 10.7 Å². The fourth-order valence-electron chi connectivity index (χ4n) is 1.35. The molecule has 0 spiro atoms. The van der Waals surface area contributed by atoms with Gasteiger partial charge in [0.15, 0.2) is 0 Å². The van der Waals surface area contributed by atoms with E-state index in [0.717, 1.165) is 23.8 Å². The lowest BCUT2D eigenvalue weighted by Crippen LogP contribution is -2.24. The largest absolute Gasteiger partial charge is 0.352 e. The van der Waals surface area contributed by atoms with Gasteiger partial charge in [0.25, 0.3) is 11.6 Å². The van der Waals surface area contributed by atoms with Crippen molar-refractivity contribution in [3.05, 3.63) is 33.9 Å². The first kappa shape index (κ1) is 14.8. The Kier molecular flexibility index (Phi) is 5.94. The molecule has 0 aliphatic heterocycles. The van der Waals surface area contributed by atoms with Crippen molar-refractivity contribution in [3.8, 4) is 0 Å². The number of nitro benzene ring substituents is 1. The van der Waals surface area contributed by atoms with Crippen LogP contribution in [-0.2, 0) is 0 Å². The SMILES string of the molecule is CCCCNC(=O)c1ccc(SCl)c([N+](=O)[O-])c1. The van der Waals surface area contributed by atoms with E-state index in [1.807, 2.05) is 6.92 Å². The third kappa shape index (κ3) is 3.89. The first-order chi connectivity index (χ1) is 8.60. The maximum absolute atomic E-state index is 11.7. The molecule has 18 heavy (non-hydrogen) atoms. The molecule has 0 aromatic heterocycles. The molecule has 0 bridgehead atoms. The highest BCUT2D eigenvalue weighted by Gasteiger charge is 2.17. The summed E-state index contributed by atoms with van der Waals surface area (Å²) in [5.74, 6) is -0.308. The number of nitrogens with one attached hydrogen (secondary N) is 1. The molecule has 0 heterocycles. The molecule has 1 aromatic rings. The lowest BCUT2D eigenvalue weighted by molar-refractivity contribution is -0.387. The lowest BCUT2D eigenvalue weighted by Gasteiger charge is -2.05. The predicted octanol–water partition coefficient (Wildman–Crippen LogP) is 3.37. The van der Waals surface area contributed by atoms with Crippen molar-refractivity contribution in [1.82, 2.24) is 5.32 Å². The highest BCUT2D eigenvalue weighted by Crippen LogP contribution is 2.32. The molecule has 1 aromatic carbocycles. The van der Waals surface area contributed by atoms with E-state index in [1.165, 1.54) is 18.2 Å². The Bertz CT molecular complexity index is 454. The van der Waals surface area contributed by atoms with Gasteiger partial charge in [-0.2, -0.15) is 0 Å². The second-order valence-electron chi connectivity index (χ2n) is 3.63. The zero-order chi connectivity index (χ0) is 13.5. The average Bonchev–Trinajstić information content (AvgIpc) is 2.38. The summed E-state index contributed by atoms with van der Waals surface area (Å²) in [7, 11) is 6.29. The van der Waals surface area contributed by atoms with Gasteiger partial charge in [-0.25, -0.2) is 0 Å². The molecule has 0 saturated carbocycles. The van der Waals surface area contributed by atoms with E-state index in [2.05, 4.69) is 5.32 Å². The predicted molar refractivity (Wildman–Crippen MR) is 72.0 cm³/mol. The van der Waals surface area contributed by atoms with Gasteiger partial charge in [-0.15, -0.1) is 0 Å². The quantitative estimate of drug-likeness (QED) is 0.495. The Morgan fingerprint density at radius 3 is 2.83 bits per heavy atom. The Morgan fingerprint density at radius 2 is 2.28 bits per heavy atom. The van der Waals surface area contributed by atoms with Gasteiger partial charge in [0, 0.05) is 18.2 Å². The van der Waals surface area contributed by atoms with Crippen LogP contribution >= 0.6 is 21.7 Å². The molecule has 0 atom stereocenters. The van der Waals surface area contributed by atoms with Gasteiger partial charge in [-0.05, 0) is 40.2 Å². The Labute approximate surface area is 114 Å². The van der Waals surface area contributed by atoms with Crippen molar-refractivity contribution >= 4 is 33.3 Å². The molecular weight excluding hydrogens is 276 g/mol. The number of hydrogen-bond acceptors (Lipinski definition) is 4. The van der Waals surface area contributed by atoms with Crippen LogP contribution in [0.2, 0.25) is 0 Å². The van der Waals surface area contributed by atoms with Crippen molar-refractivity contribution in [2.75, 3.05) is 6.54 Å². The van der Waals surface area contributed by atoms with Crippen LogP contribution in [0.5, 0.6) is 0 Å². The fraction of sp³-hybridized carbons (Fsp3) is 0.364. The average molecular weight is 289 g/mol. The highest BCUT2D eigenvalue weighted by atomic mass is 35.7. The van der Waals surface area contributed by atoms with Gasteiger partial charge in [-0.3, -0.25) is 14.9 Å². The zero-order valence-electron chi connectivity index (χ0n) is 9.81. The summed E-state index contributed by atoms with van der Waals surface area (Å²) in [6.45, 7) is 2.58. The van der Waals surface area contributed by atoms with Gasteiger partial charge in [0.05, 0.1) is 4.92 Å². The molecule has 1 amide bonds. The highest BCUT2D eigenvalue weighted by molar-refractivity contribution is 8.21. The van der Waals surface area contributed by atoms with E-state index in [0.29, 0.717) is 11.4 Å². The number of amides is 1. The maximum Gasteiger partial charge on any atom is 0.284 e. The summed E-state index contributed by atoms with van der Waals surface area (Å²) in [5.41, 5.74) is 0.116. The molecule has 0 fully saturated rings. The van der Waals surface area contributed by atoms with Crippen LogP contribution < -0.4 is 5.32 Å². The van der Waals surface area contributed by atoms with Gasteiger partial charge in [-0.1, -0.05) is 13.3 Å². The molecule has 0 aliphatic carbocycles. The van der Waals surface area contributed by atoms with Crippen molar-refractivity contribution in [2.24, 2.45) is 0 Å². The summed E-state index contributed by atoms with van der Waals surface area (Å²) in [6, 6.07) is 4.25. The molecule has 5 nitrogen and oxygen atoms in total. The number of nitro groups is 1. The first-order valence-corrected chi connectivity index (χ1v) is 7.09. The Hall–Kier alpha value is -1.27. The molecule has 1 rings (SSSR count). The van der Waals surface area contributed by atoms with Gasteiger partial charge in [0.2, 0.25) is 0 Å². The number of halogens is 1. The molecule has 0 saturated heterocycles. The molecule has 0 radical (unpaired) electrons. The lowest BCUT2D eigenvalue weighted by atomic mass is 10.2. The Morgan fingerprint density at radius 1 is 1.56 bits per heavy atom. The minimum absolute atomic E-state index is 0.154. The molecule has 1 N–H and O–H groups in total. The third-order valence-electron chi connectivity index (χ3n) is 2.32. The second-order valence-corrected chi connectivity index (χ2v) is 4.68. The van der Waals surface area contributed by atoms with Crippen molar-refractivity contribution in [1.29, 1.82) is 0 Å². The van der Waals surface area contributed by atoms with Crippen molar-refractivity contribution in [3.63, 3.8) is 0 Å². The van der Waals surface area contributed by atoms with Crippen molar-refractivity contribution in [2.45, 2.75) is 24.7 Å². The molecule has 0 unspecified atom stereocenters. The smallest absolute Gasteiger partial charge is 0.284 e. The van der Waals surface area contributed by atoms with E-state index >= 15 is 0 Å².